The van der Waals surface area contributed by atoms with Gasteiger partial charge >= 0.3 is 11.8 Å². The largest absolute Gasteiger partial charge is 0.508 e. The van der Waals surface area contributed by atoms with Gasteiger partial charge in [-0.1, -0.05) is 18.2 Å². The number of nitro groups is 1. The second-order valence-electron chi connectivity index (χ2n) is 6.96. The predicted octanol–water partition coefficient (Wildman–Crippen LogP) is 0.798. The summed E-state index contributed by atoms with van der Waals surface area (Å²) < 4.78 is 16.6. The van der Waals surface area contributed by atoms with Crippen molar-refractivity contribution in [2.24, 2.45) is 0 Å². The second-order valence-corrected chi connectivity index (χ2v) is 6.96. The number of rotatable bonds is 7. The van der Waals surface area contributed by atoms with E-state index in [1.165, 1.54) is 19.2 Å². The zero-order valence-electron chi connectivity index (χ0n) is 16.6. The molecule has 2 aromatic rings. The molecule has 1 aliphatic rings. The van der Waals surface area contributed by atoms with E-state index in [1.54, 1.807) is 18.2 Å². The number of aliphatic hydroxyl groups excluding tert-OH is 1. The van der Waals surface area contributed by atoms with Gasteiger partial charge in [-0.2, -0.15) is 0 Å². The monoisotopic (exact) mass is 435 g/mol. The van der Waals surface area contributed by atoms with E-state index in [0.29, 0.717) is 11.1 Å². The summed E-state index contributed by atoms with van der Waals surface area (Å²) >= 11 is 0. The molecule has 0 aliphatic carbocycles. The molecule has 2 N–H and O–H groups in total. The number of carbonyl (C=O) groups excluding carboxylic acids is 1. The summed E-state index contributed by atoms with van der Waals surface area (Å²) in [7, 11) is 0. The molecule has 0 bridgehead atoms. The van der Waals surface area contributed by atoms with Gasteiger partial charge in [0.2, 0.25) is 0 Å². The van der Waals surface area contributed by atoms with E-state index in [9.17, 15) is 29.6 Å². The second kappa shape index (κ2) is 9.53. The average Bonchev–Trinajstić information content (AvgIpc) is 3.09. The van der Waals surface area contributed by atoms with Crippen LogP contribution in [-0.2, 0) is 20.6 Å². The summed E-state index contributed by atoms with van der Waals surface area (Å²) in [5, 5.41) is 21.1. The van der Waals surface area contributed by atoms with E-state index in [0.717, 1.165) is 4.57 Å². The number of nitrogens with zero attached hydrogens (tertiary/aromatic N) is 2. The fourth-order valence-electron chi connectivity index (χ4n) is 3.17. The molecule has 3 rings (SSSR count). The van der Waals surface area contributed by atoms with Crippen molar-refractivity contribution in [3.05, 3.63) is 72.5 Å². The highest BCUT2D eigenvalue weighted by Gasteiger charge is 2.36. The van der Waals surface area contributed by atoms with E-state index >= 15 is 0 Å². The molecule has 1 saturated heterocycles. The highest BCUT2D eigenvalue weighted by molar-refractivity contribution is 5.59. The molecule has 12 heteroatoms. The van der Waals surface area contributed by atoms with Crippen molar-refractivity contribution in [1.82, 2.24) is 9.55 Å². The first-order chi connectivity index (χ1) is 14.8. The molecule has 3 atom stereocenters. The number of para-hydroxylation sites is 1. The Morgan fingerprint density at radius 3 is 2.84 bits per heavy atom. The summed E-state index contributed by atoms with van der Waals surface area (Å²) in [5.41, 5.74) is -0.535. The molecule has 1 fully saturated rings. The molecule has 166 valence electrons. The lowest BCUT2D eigenvalue weighted by molar-refractivity contribution is -0.385. The molecule has 1 aromatic carbocycles. The van der Waals surface area contributed by atoms with Crippen LogP contribution in [0.4, 0.5) is 10.5 Å². The number of aryl methyl sites for hydroxylation is 1. The predicted molar refractivity (Wildman–Crippen MR) is 105 cm³/mol. The van der Waals surface area contributed by atoms with Gasteiger partial charge in [0, 0.05) is 36.2 Å². The Kier molecular flexibility index (Phi) is 6.82. The minimum atomic E-state index is -1.02. The van der Waals surface area contributed by atoms with Gasteiger partial charge in [0.05, 0.1) is 17.6 Å². The van der Waals surface area contributed by atoms with Gasteiger partial charge in [0.25, 0.3) is 11.2 Å². The fourth-order valence-corrected chi connectivity index (χ4v) is 3.17. The topological polar surface area (TPSA) is 163 Å². The Hall–Kier alpha value is -3.51. The molecule has 0 radical (unpaired) electrons. The quantitative estimate of drug-likeness (QED) is 0.364. The molecule has 0 saturated carbocycles. The number of hydrogen-bond donors (Lipinski definition) is 2. The van der Waals surface area contributed by atoms with E-state index in [4.69, 9.17) is 14.2 Å². The minimum Gasteiger partial charge on any atom is -0.434 e. The van der Waals surface area contributed by atoms with Crippen molar-refractivity contribution in [2.45, 2.75) is 38.2 Å². The maximum atomic E-state index is 12.0. The third kappa shape index (κ3) is 5.35. The maximum Gasteiger partial charge on any atom is 0.508 e. The Labute approximate surface area is 175 Å². The van der Waals surface area contributed by atoms with Crippen LogP contribution in [0, 0.1) is 17.0 Å². The van der Waals surface area contributed by atoms with Gasteiger partial charge in [-0.25, -0.2) is 9.59 Å². The summed E-state index contributed by atoms with van der Waals surface area (Å²) in [6, 6.07) is 6.11. The van der Waals surface area contributed by atoms with Crippen molar-refractivity contribution in [2.75, 3.05) is 13.2 Å². The number of aromatic nitrogens is 2. The number of benzene rings is 1. The molecule has 1 aromatic heterocycles. The third-order valence-electron chi connectivity index (χ3n) is 4.81. The smallest absolute Gasteiger partial charge is 0.434 e. The average molecular weight is 435 g/mol. The van der Waals surface area contributed by atoms with Crippen LogP contribution in [-0.4, -0.2) is 51.2 Å². The highest BCUT2D eigenvalue weighted by atomic mass is 16.7. The Balaban J connectivity index is 1.49. The maximum absolute atomic E-state index is 12.0. The first-order valence-corrected chi connectivity index (χ1v) is 9.43. The van der Waals surface area contributed by atoms with Gasteiger partial charge in [0.15, 0.2) is 0 Å². The number of aromatic amines is 1. The Bertz CT molecular complexity index is 1080. The molecule has 12 nitrogen and oxygen atoms in total. The molecular weight excluding hydrogens is 414 g/mol. The number of hydrogen-bond acceptors (Lipinski definition) is 9. The number of nitrogens with one attached hydrogen (secondary N) is 1. The lowest BCUT2D eigenvalue weighted by Gasteiger charge is -2.16. The van der Waals surface area contributed by atoms with Crippen LogP contribution in [0.5, 0.6) is 0 Å². The molecule has 1 aliphatic heterocycles. The highest BCUT2D eigenvalue weighted by Crippen LogP contribution is 2.28. The van der Waals surface area contributed by atoms with Crippen LogP contribution in [0.2, 0.25) is 0 Å². The van der Waals surface area contributed by atoms with Crippen LogP contribution < -0.4 is 11.2 Å². The van der Waals surface area contributed by atoms with E-state index < -0.39 is 40.8 Å². The van der Waals surface area contributed by atoms with Crippen LogP contribution in [0.25, 0.3) is 0 Å². The molecule has 0 amide bonds. The lowest BCUT2D eigenvalue weighted by Crippen LogP contribution is -2.33. The van der Waals surface area contributed by atoms with E-state index in [-0.39, 0.29) is 31.7 Å². The third-order valence-corrected chi connectivity index (χ3v) is 4.81. The van der Waals surface area contributed by atoms with Gasteiger partial charge < -0.3 is 19.3 Å². The van der Waals surface area contributed by atoms with Gasteiger partial charge in [-0.05, 0) is 6.92 Å². The summed E-state index contributed by atoms with van der Waals surface area (Å²) in [5.74, 6) is 0. The van der Waals surface area contributed by atoms with Crippen molar-refractivity contribution < 1.29 is 29.0 Å². The van der Waals surface area contributed by atoms with Crippen LogP contribution in [0.3, 0.4) is 0 Å². The lowest BCUT2D eigenvalue weighted by atomic mass is 10.1. The van der Waals surface area contributed by atoms with Crippen molar-refractivity contribution in [3.63, 3.8) is 0 Å². The zero-order chi connectivity index (χ0) is 22.5. The first-order valence-electron chi connectivity index (χ1n) is 9.43. The van der Waals surface area contributed by atoms with E-state index in [2.05, 4.69) is 4.98 Å². The standard InChI is InChI=1S/C19H21N3O9/c1-11-9-21(18(25)20-17(11)24)16-8-14(23)15(31-16)10-30-19(26)29-7-6-12-4-2-3-5-13(12)22(27)28/h2-5,9,14-16,23H,6-8,10H2,1H3,(H,20,24,25)/t14?,15-,16-/m1/s1. The zero-order valence-corrected chi connectivity index (χ0v) is 16.6. The number of ether oxygens (including phenoxy) is 3. The fraction of sp³-hybridized carbons (Fsp3) is 0.421. The van der Waals surface area contributed by atoms with Crippen LogP contribution in [0.1, 0.15) is 23.8 Å². The Morgan fingerprint density at radius 1 is 1.35 bits per heavy atom. The normalized spacial score (nSPS) is 20.4. The molecule has 1 unspecified atom stereocenters. The van der Waals surface area contributed by atoms with Crippen LogP contribution in [0.15, 0.2) is 40.1 Å². The Morgan fingerprint density at radius 2 is 2.10 bits per heavy atom. The van der Waals surface area contributed by atoms with Crippen molar-refractivity contribution >= 4 is 11.8 Å². The number of aliphatic hydroxyl groups is 1. The molecule has 0 spiro atoms. The van der Waals surface area contributed by atoms with Gasteiger partial charge in [-0.3, -0.25) is 24.5 Å². The van der Waals surface area contributed by atoms with Crippen molar-refractivity contribution in [3.8, 4) is 0 Å². The summed E-state index contributed by atoms with van der Waals surface area (Å²) in [6.45, 7) is 1.08. The molecule has 2 heterocycles. The van der Waals surface area contributed by atoms with Crippen molar-refractivity contribution in [1.29, 1.82) is 0 Å². The summed E-state index contributed by atoms with van der Waals surface area (Å²) in [6.07, 6.45) is -2.23. The van der Waals surface area contributed by atoms with Gasteiger partial charge in [0.1, 0.15) is 18.9 Å². The number of H-pyrrole nitrogens is 1. The number of nitro benzene ring substituents is 1. The minimum absolute atomic E-state index is 0.0616. The SMILES string of the molecule is Cc1cn([C@H]2CC(O)[C@@H](COC(=O)OCCc3ccccc3[N+](=O)[O-])O2)c(=O)[nH]c1=O. The molecular formula is C19H21N3O9. The number of carbonyl (C=O) groups is 1. The molecule has 31 heavy (non-hydrogen) atoms. The summed E-state index contributed by atoms with van der Waals surface area (Å²) in [4.78, 5) is 47.8. The van der Waals surface area contributed by atoms with Crippen LogP contribution >= 0.6 is 0 Å². The first kappa shape index (κ1) is 22.2. The van der Waals surface area contributed by atoms with E-state index in [1.807, 2.05) is 0 Å². The van der Waals surface area contributed by atoms with Gasteiger partial charge in [-0.15, -0.1) is 0 Å².